The Morgan fingerprint density at radius 1 is 1.05 bits per heavy atom. The molecule has 8 heteroatoms. The maximum Gasteiger partial charge on any atom is 0.255 e. The highest BCUT2D eigenvalue weighted by atomic mass is 35.5. The van der Waals surface area contributed by atoms with Crippen molar-refractivity contribution in [3.63, 3.8) is 0 Å². The van der Waals surface area contributed by atoms with Crippen LogP contribution in [0.4, 0.5) is 24.5 Å². The maximum absolute atomic E-state index is 13.4. The summed E-state index contributed by atoms with van der Waals surface area (Å²) in [4.78, 5) is 11.9. The molecule has 0 aliphatic carbocycles. The molecule has 0 radical (unpaired) electrons. The van der Waals surface area contributed by atoms with Gasteiger partial charge in [-0.1, -0.05) is 23.2 Å². The molecule has 0 unspecified atom stereocenters. The highest BCUT2D eigenvalue weighted by molar-refractivity contribution is 6.44. The van der Waals surface area contributed by atoms with Gasteiger partial charge in [0.05, 0.1) is 15.7 Å². The third-order valence-corrected chi connectivity index (χ3v) is 3.38. The number of hydrogen-bond acceptors (Lipinski definition) is 2. The Morgan fingerprint density at radius 3 is 2.14 bits per heavy atom. The SMILES string of the molecule is Nc1cc(C(=O)Nc2c(F)cc(F)cc2F)cc(Cl)c1Cl. The van der Waals surface area contributed by atoms with Crippen molar-refractivity contribution in [2.24, 2.45) is 0 Å². The predicted molar refractivity (Wildman–Crippen MR) is 75.1 cm³/mol. The molecule has 110 valence electrons. The maximum atomic E-state index is 13.4. The van der Waals surface area contributed by atoms with E-state index < -0.39 is 29.0 Å². The average molecular weight is 335 g/mol. The van der Waals surface area contributed by atoms with Crippen molar-refractivity contribution >= 4 is 40.5 Å². The van der Waals surface area contributed by atoms with Crippen molar-refractivity contribution in [2.45, 2.75) is 0 Å². The molecular formula is C13H7Cl2F3N2O. The lowest BCUT2D eigenvalue weighted by atomic mass is 10.1. The number of anilines is 2. The molecule has 2 rings (SSSR count). The van der Waals surface area contributed by atoms with Crippen LogP contribution in [0.5, 0.6) is 0 Å². The second kappa shape index (κ2) is 5.83. The van der Waals surface area contributed by atoms with Crippen LogP contribution < -0.4 is 11.1 Å². The van der Waals surface area contributed by atoms with Gasteiger partial charge >= 0.3 is 0 Å². The molecule has 2 aromatic carbocycles. The molecule has 0 heterocycles. The topological polar surface area (TPSA) is 55.1 Å². The number of benzene rings is 2. The second-order valence-corrected chi connectivity index (χ2v) is 4.85. The quantitative estimate of drug-likeness (QED) is 0.807. The van der Waals surface area contributed by atoms with Crippen molar-refractivity contribution in [3.05, 3.63) is 57.3 Å². The lowest BCUT2D eigenvalue weighted by Gasteiger charge is -2.09. The second-order valence-electron chi connectivity index (χ2n) is 4.06. The number of nitrogens with one attached hydrogen (secondary N) is 1. The molecular weight excluding hydrogens is 328 g/mol. The molecule has 3 nitrogen and oxygen atoms in total. The van der Waals surface area contributed by atoms with E-state index in [9.17, 15) is 18.0 Å². The standard InChI is InChI=1S/C13H7Cl2F3N2O/c14-7-1-5(2-10(19)11(7)15)13(21)20-12-8(17)3-6(16)4-9(12)18/h1-4H,19H2,(H,20,21). The number of amides is 1. The molecule has 0 aromatic heterocycles. The highest BCUT2D eigenvalue weighted by Gasteiger charge is 2.17. The lowest BCUT2D eigenvalue weighted by Crippen LogP contribution is -2.15. The van der Waals surface area contributed by atoms with Gasteiger partial charge in [-0.25, -0.2) is 13.2 Å². The van der Waals surface area contributed by atoms with Gasteiger partial charge in [-0.05, 0) is 12.1 Å². The first-order valence-electron chi connectivity index (χ1n) is 5.50. The van der Waals surface area contributed by atoms with Gasteiger partial charge in [-0.2, -0.15) is 0 Å². The van der Waals surface area contributed by atoms with Crippen LogP contribution in [0.3, 0.4) is 0 Å². The van der Waals surface area contributed by atoms with Gasteiger partial charge in [0.25, 0.3) is 5.91 Å². The summed E-state index contributed by atoms with van der Waals surface area (Å²) in [5.74, 6) is -4.45. The third-order valence-electron chi connectivity index (χ3n) is 2.56. The van der Waals surface area contributed by atoms with Gasteiger partial charge < -0.3 is 11.1 Å². The Balaban J connectivity index is 2.35. The smallest absolute Gasteiger partial charge is 0.255 e. The number of nitrogen functional groups attached to an aromatic ring is 1. The fourth-order valence-corrected chi connectivity index (χ4v) is 1.92. The fraction of sp³-hybridized carbons (Fsp3) is 0. The molecule has 21 heavy (non-hydrogen) atoms. The summed E-state index contributed by atoms with van der Waals surface area (Å²) in [6.45, 7) is 0. The highest BCUT2D eigenvalue weighted by Crippen LogP contribution is 2.30. The monoisotopic (exact) mass is 334 g/mol. The first-order valence-corrected chi connectivity index (χ1v) is 6.25. The van der Waals surface area contributed by atoms with E-state index in [2.05, 4.69) is 0 Å². The van der Waals surface area contributed by atoms with Crippen LogP contribution in [0.25, 0.3) is 0 Å². The first kappa shape index (κ1) is 15.5. The Kier molecular flexibility index (Phi) is 4.29. The molecule has 0 bridgehead atoms. The molecule has 1 amide bonds. The zero-order valence-corrected chi connectivity index (χ0v) is 11.7. The summed E-state index contributed by atoms with van der Waals surface area (Å²) < 4.78 is 39.7. The minimum atomic E-state index is -1.24. The fourth-order valence-electron chi connectivity index (χ4n) is 1.59. The zero-order valence-electron chi connectivity index (χ0n) is 10.2. The van der Waals surface area contributed by atoms with E-state index >= 15 is 0 Å². The van der Waals surface area contributed by atoms with Crippen molar-refractivity contribution in [3.8, 4) is 0 Å². The van der Waals surface area contributed by atoms with E-state index in [0.29, 0.717) is 12.1 Å². The van der Waals surface area contributed by atoms with Crippen LogP contribution in [-0.4, -0.2) is 5.91 Å². The Bertz CT molecular complexity index is 691. The third kappa shape index (κ3) is 3.22. The van der Waals surface area contributed by atoms with E-state index in [0.717, 1.165) is 0 Å². The summed E-state index contributed by atoms with van der Waals surface area (Å²) in [6, 6.07) is 3.28. The van der Waals surface area contributed by atoms with Crippen LogP contribution in [0.1, 0.15) is 10.4 Å². The summed E-state index contributed by atoms with van der Waals surface area (Å²) in [5, 5.41) is 2.06. The van der Waals surface area contributed by atoms with Crippen molar-refractivity contribution in [2.75, 3.05) is 11.1 Å². The molecule has 3 N–H and O–H groups in total. The largest absolute Gasteiger partial charge is 0.397 e. The normalized spacial score (nSPS) is 10.5. The van der Waals surface area contributed by atoms with Crippen molar-refractivity contribution < 1.29 is 18.0 Å². The Morgan fingerprint density at radius 2 is 1.62 bits per heavy atom. The van der Waals surface area contributed by atoms with Crippen LogP contribution in [0.15, 0.2) is 24.3 Å². The molecule has 0 saturated heterocycles. The molecule has 0 aliphatic rings. The van der Waals surface area contributed by atoms with E-state index in [1.807, 2.05) is 5.32 Å². The van der Waals surface area contributed by atoms with Crippen molar-refractivity contribution in [1.82, 2.24) is 0 Å². The predicted octanol–water partition coefficient (Wildman–Crippen LogP) is 4.25. The number of rotatable bonds is 2. The van der Waals surface area contributed by atoms with Gasteiger partial charge in [0.1, 0.15) is 11.5 Å². The van der Waals surface area contributed by atoms with Gasteiger partial charge in [0.15, 0.2) is 11.6 Å². The number of carbonyl (C=O) groups is 1. The summed E-state index contributed by atoms with van der Waals surface area (Å²) in [6.07, 6.45) is 0. The molecule has 0 atom stereocenters. The van der Waals surface area contributed by atoms with E-state index in [1.165, 1.54) is 12.1 Å². The molecule has 0 spiro atoms. The number of hydrogen-bond donors (Lipinski definition) is 2. The minimum absolute atomic E-state index is 0.0156. The van der Waals surface area contributed by atoms with Crippen LogP contribution >= 0.6 is 23.2 Å². The van der Waals surface area contributed by atoms with Crippen LogP contribution in [-0.2, 0) is 0 Å². The number of halogens is 5. The minimum Gasteiger partial charge on any atom is -0.397 e. The van der Waals surface area contributed by atoms with Gasteiger partial charge in [0, 0.05) is 17.7 Å². The van der Waals surface area contributed by atoms with Gasteiger partial charge in [-0.3, -0.25) is 4.79 Å². The van der Waals surface area contributed by atoms with Crippen molar-refractivity contribution in [1.29, 1.82) is 0 Å². The van der Waals surface area contributed by atoms with E-state index in [-0.39, 0.29) is 21.3 Å². The molecule has 0 aliphatic heterocycles. The average Bonchev–Trinajstić information content (AvgIpc) is 2.39. The summed E-state index contributed by atoms with van der Waals surface area (Å²) >= 11 is 11.5. The van der Waals surface area contributed by atoms with Gasteiger partial charge in [0.2, 0.25) is 0 Å². The Labute approximate surface area is 127 Å². The molecule has 0 fully saturated rings. The summed E-state index contributed by atoms with van der Waals surface area (Å²) in [5.41, 5.74) is 4.75. The molecule has 0 saturated carbocycles. The molecule has 2 aromatic rings. The Hall–Kier alpha value is -1.92. The lowest BCUT2D eigenvalue weighted by molar-refractivity contribution is 0.102. The number of carbonyl (C=O) groups excluding carboxylic acids is 1. The first-order chi connectivity index (χ1) is 9.79. The zero-order chi connectivity index (χ0) is 15.7. The van der Waals surface area contributed by atoms with Crippen LogP contribution in [0.2, 0.25) is 10.0 Å². The number of nitrogens with two attached hydrogens (primary N) is 1. The van der Waals surface area contributed by atoms with E-state index in [1.54, 1.807) is 0 Å². The van der Waals surface area contributed by atoms with Gasteiger partial charge in [-0.15, -0.1) is 0 Å². The summed E-state index contributed by atoms with van der Waals surface area (Å²) in [7, 11) is 0. The van der Waals surface area contributed by atoms with Crippen LogP contribution in [0, 0.1) is 17.5 Å². The van der Waals surface area contributed by atoms with E-state index in [4.69, 9.17) is 28.9 Å².